The van der Waals surface area contributed by atoms with Crippen molar-refractivity contribution in [3.8, 4) is 5.75 Å². The van der Waals surface area contributed by atoms with Gasteiger partial charge in [-0.2, -0.15) is 0 Å². The summed E-state index contributed by atoms with van der Waals surface area (Å²) in [6.07, 6.45) is -3.36. The summed E-state index contributed by atoms with van der Waals surface area (Å²) in [6.45, 7) is 5.30. The molecule has 1 fully saturated rings. The molecule has 0 spiro atoms. The first-order valence-electron chi connectivity index (χ1n) is 13.3. The first kappa shape index (κ1) is 31.6. The summed E-state index contributed by atoms with van der Waals surface area (Å²) in [7, 11) is 1.61. The summed E-state index contributed by atoms with van der Waals surface area (Å²) in [5.74, 6) is 0.243. The Morgan fingerprint density at radius 2 is 1.55 bits per heavy atom. The van der Waals surface area contributed by atoms with Crippen LogP contribution < -0.4 is 4.74 Å². The van der Waals surface area contributed by atoms with Crippen molar-refractivity contribution in [2.75, 3.05) is 19.5 Å². The number of Topliss-reactive ketones (excluding diaryl/α,β-unsaturated/α-hetero) is 1. The zero-order chi connectivity index (χ0) is 28.9. The number of benzene rings is 2. The van der Waals surface area contributed by atoms with Gasteiger partial charge in [0.15, 0.2) is 12.2 Å². The van der Waals surface area contributed by atoms with Gasteiger partial charge in [-0.15, -0.1) is 11.8 Å². The van der Waals surface area contributed by atoms with Crippen LogP contribution in [-0.4, -0.2) is 67.0 Å². The maximum absolute atomic E-state index is 12.8. The third-order valence-corrected chi connectivity index (χ3v) is 7.21. The van der Waals surface area contributed by atoms with E-state index in [0.29, 0.717) is 12.4 Å². The van der Waals surface area contributed by atoms with Crippen LogP contribution in [0.2, 0.25) is 0 Å². The van der Waals surface area contributed by atoms with Crippen molar-refractivity contribution < 1.29 is 42.8 Å². The van der Waals surface area contributed by atoms with Crippen LogP contribution in [0.3, 0.4) is 0 Å². The maximum atomic E-state index is 12.8. The van der Waals surface area contributed by atoms with Gasteiger partial charge in [-0.3, -0.25) is 9.59 Å². The molecule has 3 rings (SSSR count). The van der Waals surface area contributed by atoms with Crippen molar-refractivity contribution in [3.63, 3.8) is 0 Å². The highest BCUT2D eigenvalue weighted by Gasteiger charge is 2.50. The molecule has 0 unspecified atom stereocenters. The molecule has 9 nitrogen and oxygen atoms in total. The fourth-order valence-corrected chi connectivity index (χ4v) is 5.18. The molecular formula is C30H38O9S. The fraction of sp³-hybridized carbons (Fsp3) is 0.500. The second-order valence-electron chi connectivity index (χ2n) is 9.35. The first-order chi connectivity index (χ1) is 19.3. The maximum Gasteiger partial charge on any atom is 0.306 e. The van der Waals surface area contributed by atoms with Crippen LogP contribution in [0.1, 0.15) is 44.7 Å². The summed E-state index contributed by atoms with van der Waals surface area (Å²) in [4.78, 5) is 36.4. The van der Waals surface area contributed by atoms with Crippen LogP contribution in [0.15, 0.2) is 54.6 Å². The molecule has 1 aliphatic rings. The molecule has 1 aliphatic heterocycles. The molecule has 0 N–H and O–H groups in total. The third-order valence-electron chi connectivity index (χ3n) is 6.17. The Balaban J connectivity index is 1.85. The van der Waals surface area contributed by atoms with E-state index in [1.54, 1.807) is 7.11 Å². The second kappa shape index (κ2) is 16.4. The molecule has 0 saturated carbocycles. The number of rotatable bonds is 15. The highest BCUT2D eigenvalue weighted by atomic mass is 32.2. The summed E-state index contributed by atoms with van der Waals surface area (Å²) >= 11 is 1.47. The van der Waals surface area contributed by atoms with Crippen molar-refractivity contribution in [2.24, 2.45) is 0 Å². The minimum atomic E-state index is -0.947. The Labute approximate surface area is 239 Å². The van der Waals surface area contributed by atoms with Crippen LogP contribution in [0.25, 0.3) is 0 Å². The molecule has 2 aromatic rings. The highest BCUT2D eigenvalue weighted by molar-refractivity contribution is 7.99. The van der Waals surface area contributed by atoms with Gasteiger partial charge in [-0.05, 0) is 35.9 Å². The van der Waals surface area contributed by atoms with Gasteiger partial charge in [0.1, 0.15) is 29.2 Å². The van der Waals surface area contributed by atoms with E-state index in [-0.39, 0.29) is 31.8 Å². The van der Waals surface area contributed by atoms with Gasteiger partial charge >= 0.3 is 11.9 Å². The highest BCUT2D eigenvalue weighted by Crippen LogP contribution is 2.35. The molecule has 1 heterocycles. The number of hydrogen-bond acceptors (Lipinski definition) is 10. The smallest absolute Gasteiger partial charge is 0.306 e. The Morgan fingerprint density at radius 3 is 2.17 bits per heavy atom. The number of esters is 2. The minimum absolute atomic E-state index is 0.0578. The second-order valence-corrected chi connectivity index (χ2v) is 10.7. The molecule has 0 aliphatic carbocycles. The standard InChI is InChI=1S/C30H38O9S/c1-5-40-30-29(37-21(3)32)28(36-18-22-9-7-6-8-10-22)27(39-26(33)16-11-20(2)31)25(38-30)19-35-17-23-12-14-24(34-4)15-13-23/h6-10,12-15,25,27-30H,5,11,16-19H2,1-4H3/t25-,27-,28+,29-,30+/m1/s1. The van der Waals surface area contributed by atoms with Gasteiger partial charge in [-0.25, -0.2) is 0 Å². The monoisotopic (exact) mass is 574 g/mol. The topological polar surface area (TPSA) is 107 Å². The Kier molecular flexibility index (Phi) is 12.9. The summed E-state index contributed by atoms with van der Waals surface area (Å²) in [6, 6.07) is 17.0. The number of thioether (sulfide) groups is 1. The molecular weight excluding hydrogens is 536 g/mol. The van der Waals surface area contributed by atoms with Gasteiger partial charge in [0.2, 0.25) is 0 Å². The number of ether oxygens (including phenoxy) is 6. The summed E-state index contributed by atoms with van der Waals surface area (Å²) < 4.78 is 35.5. The molecule has 1 saturated heterocycles. The van der Waals surface area contributed by atoms with Crippen molar-refractivity contribution >= 4 is 29.5 Å². The van der Waals surface area contributed by atoms with E-state index in [0.717, 1.165) is 16.9 Å². The first-order valence-corrected chi connectivity index (χ1v) is 14.3. The lowest BCUT2D eigenvalue weighted by molar-refractivity contribution is -0.243. The molecule has 218 valence electrons. The van der Waals surface area contributed by atoms with Crippen molar-refractivity contribution in [1.82, 2.24) is 0 Å². The lowest BCUT2D eigenvalue weighted by atomic mass is 9.99. The average Bonchev–Trinajstić information content (AvgIpc) is 2.94. The number of methoxy groups -OCH3 is 1. The lowest BCUT2D eigenvalue weighted by Gasteiger charge is -2.45. The molecule has 0 aromatic heterocycles. The van der Waals surface area contributed by atoms with E-state index in [9.17, 15) is 14.4 Å². The van der Waals surface area contributed by atoms with Gasteiger partial charge < -0.3 is 33.2 Å². The lowest BCUT2D eigenvalue weighted by Crippen LogP contribution is -2.61. The van der Waals surface area contributed by atoms with Crippen LogP contribution in [0.4, 0.5) is 0 Å². The molecule has 10 heteroatoms. The van der Waals surface area contributed by atoms with E-state index < -0.39 is 41.8 Å². The van der Waals surface area contributed by atoms with Gasteiger partial charge in [0.05, 0.1) is 33.4 Å². The Morgan fingerprint density at radius 1 is 0.850 bits per heavy atom. The quantitative estimate of drug-likeness (QED) is 0.283. The fourth-order valence-electron chi connectivity index (χ4n) is 4.23. The van der Waals surface area contributed by atoms with E-state index in [1.165, 1.54) is 25.6 Å². The number of ketones is 1. The van der Waals surface area contributed by atoms with Gasteiger partial charge in [0.25, 0.3) is 0 Å². The largest absolute Gasteiger partial charge is 0.497 e. The predicted octanol–water partition coefficient (Wildman–Crippen LogP) is 4.49. The summed E-state index contributed by atoms with van der Waals surface area (Å²) in [5.41, 5.74) is 1.27. The molecule has 2 aromatic carbocycles. The van der Waals surface area contributed by atoms with Crippen LogP contribution >= 0.6 is 11.8 Å². The van der Waals surface area contributed by atoms with E-state index in [1.807, 2.05) is 61.5 Å². The SMILES string of the molecule is CCS[C@@H]1O[C@H](COCc2ccc(OC)cc2)[C@@H](OC(=O)CCC(C)=O)[C@H](OCc2ccccc2)[C@H]1OC(C)=O. The van der Waals surface area contributed by atoms with Crippen LogP contribution in [0, 0.1) is 0 Å². The van der Waals surface area contributed by atoms with E-state index in [4.69, 9.17) is 28.4 Å². The number of carbonyl (C=O) groups excluding carboxylic acids is 3. The molecule has 40 heavy (non-hydrogen) atoms. The normalized spacial score (nSPS) is 22.4. The van der Waals surface area contributed by atoms with Gasteiger partial charge in [-0.1, -0.05) is 49.4 Å². The van der Waals surface area contributed by atoms with E-state index in [2.05, 4.69) is 0 Å². The Hall–Kier alpha value is -2.92. The predicted molar refractivity (Wildman–Crippen MR) is 150 cm³/mol. The Bertz CT molecular complexity index is 1080. The zero-order valence-corrected chi connectivity index (χ0v) is 24.2. The molecule has 0 bridgehead atoms. The van der Waals surface area contributed by atoms with E-state index >= 15 is 0 Å². The van der Waals surface area contributed by atoms with Crippen molar-refractivity contribution in [1.29, 1.82) is 0 Å². The number of hydrogen-bond donors (Lipinski definition) is 0. The molecule has 5 atom stereocenters. The minimum Gasteiger partial charge on any atom is -0.497 e. The summed E-state index contributed by atoms with van der Waals surface area (Å²) in [5, 5.41) is 0. The average molecular weight is 575 g/mol. The van der Waals surface area contributed by atoms with Gasteiger partial charge in [0, 0.05) is 13.3 Å². The van der Waals surface area contributed by atoms with Crippen molar-refractivity contribution in [2.45, 2.75) is 76.7 Å². The molecule has 0 radical (unpaired) electrons. The third kappa shape index (κ3) is 9.92. The van der Waals surface area contributed by atoms with Crippen LogP contribution in [0.5, 0.6) is 5.75 Å². The van der Waals surface area contributed by atoms with Crippen LogP contribution in [-0.2, 0) is 51.3 Å². The molecule has 0 amide bonds. The number of carbonyl (C=O) groups is 3. The van der Waals surface area contributed by atoms with Crippen molar-refractivity contribution in [3.05, 3.63) is 65.7 Å². The zero-order valence-electron chi connectivity index (χ0n) is 23.4.